The number of hydrogen-bond donors (Lipinski definition) is 2. The molecule has 0 bridgehead atoms. The molecule has 0 atom stereocenters. The van der Waals surface area contributed by atoms with E-state index in [2.05, 4.69) is 19.7 Å². The van der Waals surface area contributed by atoms with Gasteiger partial charge in [0, 0.05) is 29.8 Å². The molecule has 0 unspecified atom stereocenters. The maximum absolute atomic E-state index is 12.5. The molecule has 29 heavy (non-hydrogen) atoms. The van der Waals surface area contributed by atoms with E-state index in [4.69, 9.17) is 0 Å². The zero-order valence-corrected chi connectivity index (χ0v) is 17.0. The summed E-state index contributed by atoms with van der Waals surface area (Å²) in [6, 6.07) is 19.7. The molecular formula is C22H22N4O2S. The van der Waals surface area contributed by atoms with E-state index >= 15 is 0 Å². The molecule has 7 heteroatoms. The van der Waals surface area contributed by atoms with Gasteiger partial charge < -0.3 is 4.98 Å². The molecule has 0 radical (unpaired) electrons. The van der Waals surface area contributed by atoms with E-state index in [9.17, 15) is 8.42 Å². The van der Waals surface area contributed by atoms with E-state index in [1.54, 1.807) is 49.6 Å². The lowest BCUT2D eigenvalue weighted by atomic mass is 10.2. The van der Waals surface area contributed by atoms with Crippen LogP contribution in [-0.2, 0) is 10.0 Å². The summed E-state index contributed by atoms with van der Waals surface area (Å²) >= 11 is 0. The van der Waals surface area contributed by atoms with Crippen LogP contribution in [0.25, 0.3) is 11.4 Å². The van der Waals surface area contributed by atoms with Crippen molar-refractivity contribution in [2.45, 2.75) is 18.7 Å². The van der Waals surface area contributed by atoms with Crippen LogP contribution < -0.4 is 4.72 Å². The largest absolute Gasteiger partial charge is 0.344 e. The Morgan fingerprint density at radius 1 is 0.862 bits per heavy atom. The molecule has 0 saturated carbocycles. The number of sulfonamides is 1. The van der Waals surface area contributed by atoms with Gasteiger partial charge in [0.25, 0.3) is 10.0 Å². The Kier molecular flexibility index (Phi) is 6.41. The molecule has 0 aliphatic heterocycles. The summed E-state index contributed by atoms with van der Waals surface area (Å²) < 4.78 is 27.5. The van der Waals surface area contributed by atoms with Gasteiger partial charge in [0.2, 0.25) is 0 Å². The molecule has 0 fully saturated rings. The molecule has 4 aromatic rings. The molecule has 0 spiro atoms. The monoisotopic (exact) mass is 406 g/mol. The van der Waals surface area contributed by atoms with E-state index in [1.165, 1.54) is 0 Å². The second kappa shape index (κ2) is 9.16. The van der Waals surface area contributed by atoms with Crippen molar-refractivity contribution in [1.82, 2.24) is 15.0 Å². The van der Waals surface area contributed by atoms with Crippen LogP contribution in [0.5, 0.6) is 0 Å². The van der Waals surface area contributed by atoms with Crippen molar-refractivity contribution in [3.05, 3.63) is 96.6 Å². The molecule has 0 aliphatic carbocycles. The Morgan fingerprint density at radius 2 is 1.55 bits per heavy atom. The summed E-state index contributed by atoms with van der Waals surface area (Å²) in [5.41, 5.74) is 3.03. The van der Waals surface area contributed by atoms with Crippen LogP contribution >= 0.6 is 0 Å². The zero-order chi connectivity index (χ0) is 20.7. The molecular weight excluding hydrogens is 384 g/mol. The fourth-order valence-electron chi connectivity index (χ4n) is 2.64. The topological polar surface area (TPSA) is 87.7 Å². The van der Waals surface area contributed by atoms with E-state index in [-0.39, 0.29) is 4.90 Å². The first-order chi connectivity index (χ1) is 14.0. The first-order valence-corrected chi connectivity index (χ1v) is 10.5. The maximum atomic E-state index is 12.5. The fourth-order valence-corrected chi connectivity index (χ4v) is 3.94. The van der Waals surface area contributed by atoms with Gasteiger partial charge in [-0.1, -0.05) is 24.3 Å². The highest BCUT2D eigenvalue weighted by molar-refractivity contribution is 7.92. The van der Waals surface area contributed by atoms with Gasteiger partial charge in [-0.2, -0.15) is 0 Å². The van der Waals surface area contributed by atoms with Crippen molar-refractivity contribution in [2.24, 2.45) is 0 Å². The lowest BCUT2D eigenvalue weighted by molar-refractivity contribution is 0.600. The van der Waals surface area contributed by atoms with Crippen LogP contribution in [0.4, 0.5) is 5.69 Å². The van der Waals surface area contributed by atoms with Gasteiger partial charge in [-0.05, 0) is 61.9 Å². The number of aromatic amines is 1. The lowest BCUT2D eigenvalue weighted by Gasteiger charge is -2.10. The highest BCUT2D eigenvalue weighted by atomic mass is 32.2. The zero-order valence-electron chi connectivity index (χ0n) is 16.2. The third kappa shape index (κ3) is 5.52. The third-order valence-corrected chi connectivity index (χ3v) is 5.61. The van der Waals surface area contributed by atoms with Crippen LogP contribution in [0.2, 0.25) is 0 Å². The Morgan fingerprint density at radius 3 is 2.07 bits per heavy atom. The number of rotatable bonds is 4. The van der Waals surface area contributed by atoms with Gasteiger partial charge in [0.05, 0.1) is 10.6 Å². The number of anilines is 1. The molecule has 2 aromatic carbocycles. The van der Waals surface area contributed by atoms with Gasteiger partial charge >= 0.3 is 0 Å². The van der Waals surface area contributed by atoms with Crippen LogP contribution in [0.15, 0.2) is 90.2 Å². The predicted molar refractivity (Wildman–Crippen MR) is 115 cm³/mol. The van der Waals surface area contributed by atoms with Gasteiger partial charge in [-0.25, -0.2) is 13.4 Å². The average molecular weight is 407 g/mol. The molecule has 0 aliphatic rings. The van der Waals surface area contributed by atoms with Crippen LogP contribution in [-0.4, -0.2) is 23.4 Å². The van der Waals surface area contributed by atoms with Crippen molar-refractivity contribution in [2.75, 3.05) is 4.72 Å². The lowest BCUT2D eigenvalue weighted by Crippen LogP contribution is -2.14. The van der Waals surface area contributed by atoms with Crippen LogP contribution in [0.1, 0.15) is 11.3 Å². The minimum atomic E-state index is -3.59. The predicted octanol–water partition coefficient (Wildman–Crippen LogP) is 4.58. The quantitative estimate of drug-likeness (QED) is 0.519. The first kappa shape index (κ1) is 20.3. The third-order valence-electron chi connectivity index (χ3n) is 4.07. The molecule has 4 rings (SSSR count). The number of nitrogens with one attached hydrogen (secondary N) is 2. The number of benzene rings is 2. The van der Waals surface area contributed by atoms with Crippen molar-refractivity contribution in [3.8, 4) is 11.4 Å². The van der Waals surface area contributed by atoms with Crippen molar-refractivity contribution < 1.29 is 8.42 Å². The minimum Gasteiger partial charge on any atom is -0.344 e. The summed E-state index contributed by atoms with van der Waals surface area (Å²) in [5, 5.41) is 0. The standard InChI is InChI=1S/C17H17N3O2S.C5H5N/c1-12-5-3-4-6-16(12)23(21,22)20-15-9-7-14(8-10-15)17-18-11-13(2)19-17;1-2-4-6-5-3-1/h3-11,20H,1-2H3,(H,18,19);1-5H. The normalized spacial score (nSPS) is 10.7. The molecule has 2 heterocycles. The number of pyridine rings is 1. The first-order valence-electron chi connectivity index (χ1n) is 9.01. The summed E-state index contributed by atoms with van der Waals surface area (Å²) in [7, 11) is -3.59. The number of H-pyrrole nitrogens is 1. The van der Waals surface area contributed by atoms with Gasteiger partial charge in [-0.3, -0.25) is 9.71 Å². The van der Waals surface area contributed by atoms with Crippen LogP contribution in [0, 0.1) is 13.8 Å². The smallest absolute Gasteiger partial charge is 0.262 e. The highest BCUT2D eigenvalue weighted by Crippen LogP contribution is 2.22. The summed E-state index contributed by atoms with van der Waals surface area (Å²) in [5.74, 6) is 0.760. The Balaban J connectivity index is 0.000000343. The summed E-state index contributed by atoms with van der Waals surface area (Å²) in [6.45, 7) is 3.68. The number of aromatic nitrogens is 3. The van der Waals surface area contributed by atoms with Gasteiger partial charge in [0.1, 0.15) is 5.82 Å². The Hall–Kier alpha value is -3.45. The number of nitrogens with zero attached hydrogens (tertiary/aromatic N) is 2. The van der Waals surface area contributed by atoms with E-state index in [1.807, 2.05) is 49.5 Å². The van der Waals surface area contributed by atoms with Crippen molar-refractivity contribution >= 4 is 15.7 Å². The summed E-state index contributed by atoms with van der Waals surface area (Å²) in [6.07, 6.45) is 5.32. The fraction of sp³-hybridized carbons (Fsp3) is 0.0909. The second-order valence-corrected chi connectivity index (χ2v) is 8.01. The molecule has 2 N–H and O–H groups in total. The number of hydrogen-bond acceptors (Lipinski definition) is 4. The Bertz CT molecular complexity index is 1130. The maximum Gasteiger partial charge on any atom is 0.262 e. The van der Waals surface area contributed by atoms with Gasteiger partial charge in [-0.15, -0.1) is 0 Å². The van der Waals surface area contributed by atoms with Crippen molar-refractivity contribution in [3.63, 3.8) is 0 Å². The number of imidazole rings is 1. The minimum absolute atomic E-state index is 0.283. The van der Waals surface area contributed by atoms with E-state index < -0.39 is 10.0 Å². The number of aryl methyl sites for hydroxylation is 2. The molecule has 0 amide bonds. The molecule has 0 saturated heterocycles. The average Bonchev–Trinajstić information content (AvgIpc) is 3.16. The highest BCUT2D eigenvalue weighted by Gasteiger charge is 2.16. The Labute approximate surface area is 170 Å². The van der Waals surface area contributed by atoms with Crippen LogP contribution in [0.3, 0.4) is 0 Å². The van der Waals surface area contributed by atoms with E-state index in [0.717, 1.165) is 17.1 Å². The molecule has 148 valence electrons. The van der Waals surface area contributed by atoms with E-state index in [0.29, 0.717) is 11.3 Å². The molecule has 6 nitrogen and oxygen atoms in total. The molecule has 2 aromatic heterocycles. The summed E-state index contributed by atoms with van der Waals surface area (Å²) in [4.78, 5) is 11.5. The second-order valence-electron chi connectivity index (χ2n) is 6.36. The van der Waals surface area contributed by atoms with Crippen molar-refractivity contribution in [1.29, 1.82) is 0 Å². The SMILES string of the molecule is Cc1c[nH]c(-c2ccc(NS(=O)(=O)c3ccccc3C)cc2)n1.c1ccncc1. The van der Waals surface area contributed by atoms with Gasteiger partial charge in [0.15, 0.2) is 0 Å².